The first-order valence-corrected chi connectivity index (χ1v) is 15.0. The number of sulfonamides is 1. The molecule has 3 aromatic carbocycles. The van der Waals surface area contributed by atoms with Crippen LogP contribution in [0.25, 0.3) is 0 Å². The molecule has 0 aliphatic carbocycles. The van der Waals surface area contributed by atoms with E-state index in [1.807, 2.05) is 36.4 Å². The Morgan fingerprint density at radius 2 is 1.68 bits per heavy atom. The number of hydrogen-bond donors (Lipinski definition) is 1. The number of methoxy groups -OCH3 is 1. The van der Waals surface area contributed by atoms with Crippen LogP contribution in [0.15, 0.2) is 71.6 Å². The predicted molar refractivity (Wildman–Crippen MR) is 159 cm³/mol. The molecule has 1 atom stereocenters. The lowest BCUT2D eigenvalue weighted by Gasteiger charge is -2.36. The quantitative estimate of drug-likeness (QED) is 0.388. The molecule has 0 saturated carbocycles. The maximum Gasteiger partial charge on any atom is 0.264 e. The smallest absolute Gasteiger partial charge is 0.264 e. The van der Waals surface area contributed by atoms with Crippen molar-refractivity contribution in [3.8, 4) is 11.5 Å². The van der Waals surface area contributed by atoms with Gasteiger partial charge in [0, 0.05) is 25.3 Å². The summed E-state index contributed by atoms with van der Waals surface area (Å²) in [5, 5.41) is 2.92. The minimum absolute atomic E-state index is 0.106. The number of anilines is 2. The van der Waals surface area contributed by atoms with E-state index in [4.69, 9.17) is 9.47 Å². The number of ether oxygens (including phenoxy) is 2. The lowest BCUT2D eigenvalue weighted by molar-refractivity contribution is -0.127. The van der Waals surface area contributed by atoms with Gasteiger partial charge in [-0.1, -0.05) is 39.0 Å². The molecular formula is C31H39N3O5S. The number of nitrogens with zero attached hydrogens (tertiary/aromatic N) is 2. The van der Waals surface area contributed by atoms with Crippen molar-refractivity contribution >= 4 is 27.3 Å². The summed E-state index contributed by atoms with van der Waals surface area (Å²) in [7, 11) is -2.48. The Labute approximate surface area is 238 Å². The second-order valence-electron chi connectivity index (χ2n) is 10.8. The van der Waals surface area contributed by atoms with Gasteiger partial charge in [-0.25, -0.2) is 8.42 Å². The van der Waals surface area contributed by atoms with Gasteiger partial charge in [-0.05, 0) is 78.9 Å². The number of hydrogen-bond acceptors (Lipinski definition) is 6. The molecule has 0 saturated heterocycles. The topological polar surface area (TPSA) is 88.2 Å². The highest BCUT2D eigenvalue weighted by Crippen LogP contribution is 2.40. The van der Waals surface area contributed by atoms with Crippen LogP contribution in [-0.4, -0.2) is 47.2 Å². The van der Waals surface area contributed by atoms with Gasteiger partial charge in [-0.2, -0.15) is 0 Å². The van der Waals surface area contributed by atoms with Gasteiger partial charge in [0.2, 0.25) is 0 Å². The zero-order chi connectivity index (χ0) is 29.1. The fraction of sp³-hybridized carbons (Fsp3) is 0.387. The number of carbonyl (C=O) groups is 1. The molecule has 4 rings (SSSR count). The largest absolute Gasteiger partial charge is 0.497 e. The first-order chi connectivity index (χ1) is 19.0. The number of benzene rings is 3. The van der Waals surface area contributed by atoms with Crippen LogP contribution >= 0.6 is 0 Å². The maximum absolute atomic E-state index is 13.9. The second kappa shape index (κ2) is 11.8. The Morgan fingerprint density at radius 1 is 1.02 bits per heavy atom. The van der Waals surface area contributed by atoms with Gasteiger partial charge in [-0.3, -0.25) is 9.10 Å². The summed E-state index contributed by atoms with van der Waals surface area (Å²) in [6.45, 7) is 12.4. The molecule has 1 aliphatic rings. The number of fused-ring (bicyclic) bond motifs is 1. The van der Waals surface area contributed by atoms with Gasteiger partial charge >= 0.3 is 0 Å². The second-order valence-corrected chi connectivity index (χ2v) is 12.7. The van der Waals surface area contributed by atoms with E-state index < -0.39 is 16.1 Å². The molecule has 0 aromatic heterocycles. The summed E-state index contributed by atoms with van der Waals surface area (Å²) in [4.78, 5) is 15.6. The van der Waals surface area contributed by atoms with Crippen molar-refractivity contribution in [2.75, 3.05) is 35.9 Å². The van der Waals surface area contributed by atoms with Gasteiger partial charge in [-0.15, -0.1) is 0 Å². The van der Waals surface area contributed by atoms with Gasteiger partial charge in [0.1, 0.15) is 11.5 Å². The van der Waals surface area contributed by atoms with Crippen molar-refractivity contribution in [3.05, 3.63) is 77.9 Å². The van der Waals surface area contributed by atoms with E-state index in [1.54, 1.807) is 18.2 Å². The number of nitrogens with one attached hydrogen (secondary N) is 1. The van der Waals surface area contributed by atoms with Crippen LogP contribution in [0.3, 0.4) is 0 Å². The molecule has 40 heavy (non-hydrogen) atoms. The minimum Gasteiger partial charge on any atom is -0.497 e. The van der Waals surface area contributed by atoms with E-state index in [-0.39, 0.29) is 22.8 Å². The van der Waals surface area contributed by atoms with Crippen molar-refractivity contribution in [2.24, 2.45) is 0 Å². The summed E-state index contributed by atoms with van der Waals surface area (Å²) in [6.07, 6.45) is -1.02. The third-order valence-electron chi connectivity index (χ3n) is 7.17. The van der Waals surface area contributed by atoms with E-state index >= 15 is 0 Å². The lowest BCUT2D eigenvalue weighted by Crippen LogP contribution is -2.50. The first-order valence-electron chi connectivity index (χ1n) is 13.6. The Balaban J connectivity index is 1.59. The van der Waals surface area contributed by atoms with Crippen LogP contribution in [0.4, 0.5) is 11.4 Å². The molecule has 214 valence electrons. The molecule has 0 unspecified atom stereocenters. The Bertz CT molecular complexity index is 1430. The zero-order valence-electron chi connectivity index (χ0n) is 24.1. The van der Waals surface area contributed by atoms with E-state index in [0.717, 1.165) is 29.9 Å². The fourth-order valence-electron chi connectivity index (χ4n) is 4.67. The van der Waals surface area contributed by atoms with E-state index in [9.17, 15) is 13.2 Å². The highest BCUT2D eigenvalue weighted by atomic mass is 32.2. The summed E-state index contributed by atoms with van der Waals surface area (Å²) < 4.78 is 40.3. The molecule has 0 fully saturated rings. The third kappa shape index (κ3) is 6.20. The average Bonchev–Trinajstić information content (AvgIpc) is 2.95. The number of rotatable bonds is 9. The van der Waals surface area contributed by atoms with Crippen molar-refractivity contribution in [2.45, 2.75) is 57.6 Å². The zero-order valence-corrected chi connectivity index (χ0v) is 24.9. The molecule has 1 amide bonds. The Morgan fingerprint density at radius 3 is 2.25 bits per heavy atom. The summed E-state index contributed by atoms with van der Waals surface area (Å²) in [5.74, 6) is 0.520. The third-order valence-corrected chi connectivity index (χ3v) is 8.96. The van der Waals surface area contributed by atoms with Crippen LogP contribution < -0.4 is 24.0 Å². The lowest BCUT2D eigenvalue weighted by atomic mass is 9.86. The molecule has 0 radical (unpaired) electrons. The fourth-order valence-corrected chi connectivity index (χ4v) is 6.14. The number of amides is 1. The van der Waals surface area contributed by atoms with Crippen LogP contribution in [-0.2, 0) is 26.8 Å². The van der Waals surface area contributed by atoms with E-state index in [0.29, 0.717) is 23.7 Å². The standard InChI is InChI=1S/C31H39N3O5S/c1-7-33(8-2)24-12-9-22(10-13-24)20-32-30(35)29-21-34(40(36,37)26-16-14-25(38-6)15-17-26)27-19-23(31(3,4)5)11-18-28(27)39-29/h9-19,29H,7-8,20-21H2,1-6H3,(H,32,35)/t29-/m1/s1. The molecule has 1 aliphatic heterocycles. The van der Waals surface area contributed by atoms with Crippen molar-refractivity contribution in [1.82, 2.24) is 5.32 Å². The van der Waals surface area contributed by atoms with E-state index in [1.165, 1.54) is 23.5 Å². The van der Waals surface area contributed by atoms with Gasteiger partial charge in [0.15, 0.2) is 6.10 Å². The normalized spacial score (nSPS) is 15.2. The molecule has 0 bridgehead atoms. The van der Waals surface area contributed by atoms with Gasteiger partial charge in [0.25, 0.3) is 15.9 Å². The SMILES string of the molecule is CCN(CC)c1ccc(CNC(=O)[C@H]2CN(S(=O)(=O)c3ccc(OC)cc3)c3cc(C(C)(C)C)ccc3O2)cc1. The molecule has 1 N–H and O–H groups in total. The summed E-state index contributed by atoms with van der Waals surface area (Å²) in [6, 6.07) is 19.8. The van der Waals surface area contributed by atoms with E-state index in [2.05, 4.69) is 44.8 Å². The summed E-state index contributed by atoms with van der Waals surface area (Å²) in [5.41, 5.74) is 3.24. The number of carbonyl (C=O) groups excluding carboxylic acids is 1. The molecule has 3 aromatic rings. The minimum atomic E-state index is -4.00. The van der Waals surface area contributed by atoms with Gasteiger partial charge < -0.3 is 19.7 Å². The van der Waals surface area contributed by atoms with Crippen LogP contribution in [0, 0.1) is 0 Å². The Kier molecular flexibility index (Phi) is 8.63. The Hall–Kier alpha value is -3.72. The predicted octanol–water partition coefficient (Wildman–Crippen LogP) is 5.11. The van der Waals surface area contributed by atoms with Crippen LogP contribution in [0.2, 0.25) is 0 Å². The highest BCUT2D eigenvalue weighted by molar-refractivity contribution is 7.92. The van der Waals surface area contributed by atoms with Crippen LogP contribution in [0.5, 0.6) is 11.5 Å². The van der Waals surface area contributed by atoms with Crippen molar-refractivity contribution in [1.29, 1.82) is 0 Å². The molecular weight excluding hydrogens is 526 g/mol. The van der Waals surface area contributed by atoms with Crippen LogP contribution in [0.1, 0.15) is 45.7 Å². The molecule has 9 heteroatoms. The summed E-state index contributed by atoms with van der Waals surface area (Å²) >= 11 is 0. The molecule has 0 spiro atoms. The maximum atomic E-state index is 13.9. The molecule has 1 heterocycles. The monoisotopic (exact) mass is 565 g/mol. The molecule has 8 nitrogen and oxygen atoms in total. The van der Waals surface area contributed by atoms with Crippen molar-refractivity contribution in [3.63, 3.8) is 0 Å². The first kappa shape index (κ1) is 29.3. The van der Waals surface area contributed by atoms with Gasteiger partial charge in [0.05, 0.1) is 24.2 Å². The van der Waals surface area contributed by atoms with Crippen molar-refractivity contribution < 1.29 is 22.7 Å². The average molecular weight is 566 g/mol. The highest BCUT2D eigenvalue weighted by Gasteiger charge is 2.38.